The smallest absolute Gasteiger partial charge is 0.231 e. The van der Waals surface area contributed by atoms with Crippen molar-refractivity contribution >= 4 is 17.7 Å². The molecule has 1 saturated heterocycles. The van der Waals surface area contributed by atoms with Crippen LogP contribution in [0.4, 0.5) is 0 Å². The molecule has 0 saturated carbocycles. The molecule has 2 heterocycles. The van der Waals surface area contributed by atoms with Crippen molar-refractivity contribution in [2.24, 2.45) is 5.73 Å². The zero-order valence-electron chi connectivity index (χ0n) is 11.2. The van der Waals surface area contributed by atoms with Crippen LogP contribution < -0.4 is 5.73 Å². The van der Waals surface area contributed by atoms with Crippen LogP contribution in [-0.4, -0.2) is 35.2 Å². The molecule has 0 bridgehead atoms. The van der Waals surface area contributed by atoms with Crippen LogP contribution in [-0.2, 0) is 4.79 Å². The minimum atomic E-state index is 0.0398. The molecule has 0 spiro atoms. The number of carbonyl (C=O) groups excluding carboxylic acids is 1. The molecule has 0 radical (unpaired) electrons. The summed E-state index contributed by atoms with van der Waals surface area (Å²) in [6, 6.07) is 8.81. The lowest BCUT2D eigenvalue weighted by atomic mass is 9.94. The number of rotatable bonds is 1. The molecule has 0 unspecified atom stereocenters. The fourth-order valence-electron chi connectivity index (χ4n) is 3.10. The first-order valence-corrected chi connectivity index (χ1v) is 7.93. The lowest BCUT2D eigenvalue weighted by Crippen LogP contribution is -2.49. The molecular weight excluding hydrogens is 256 g/mol. The van der Waals surface area contributed by atoms with E-state index in [1.807, 2.05) is 17.0 Å². The van der Waals surface area contributed by atoms with Gasteiger partial charge in [-0.25, -0.2) is 0 Å². The van der Waals surface area contributed by atoms with Crippen molar-refractivity contribution in [3.63, 3.8) is 0 Å². The van der Waals surface area contributed by atoms with Gasteiger partial charge in [0.25, 0.3) is 0 Å². The average molecular weight is 276 g/mol. The Hall–Kier alpha value is -1.00. The molecule has 2 aliphatic heterocycles. The largest absolute Gasteiger partial charge is 0.339 e. The summed E-state index contributed by atoms with van der Waals surface area (Å²) in [5, 5.41) is 0. The zero-order valence-corrected chi connectivity index (χ0v) is 12.0. The number of amides is 1. The molecule has 102 valence electrons. The molecule has 2 aliphatic rings. The third-order valence-electron chi connectivity index (χ3n) is 4.20. The van der Waals surface area contributed by atoms with Gasteiger partial charge < -0.3 is 10.6 Å². The summed E-state index contributed by atoms with van der Waals surface area (Å²) < 4.78 is 0. The van der Waals surface area contributed by atoms with Crippen LogP contribution in [0.5, 0.6) is 0 Å². The Balaban J connectivity index is 1.78. The number of piperidine rings is 1. The highest BCUT2D eigenvalue weighted by molar-refractivity contribution is 7.99. The van der Waals surface area contributed by atoms with Crippen molar-refractivity contribution in [1.82, 2.24) is 4.90 Å². The normalized spacial score (nSPS) is 30.2. The predicted molar refractivity (Wildman–Crippen MR) is 78.3 cm³/mol. The van der Waals surface area contributed by atoms with Gasteiger partial charge in [-0.15, -0.1) is 11.8 Å². The van der Waals surface area contributed by atoms with Gasteiger partial charge in [0.05, 0.1) is 5.92 Å². The Kier molecular flexibility index (Phi) is 3.54. The van der Waals surface area contributed by atoms with Crippen LogP contribution in [0, 0.1) is 0 Å². The Morgan fingerprint density at radius 1 is 1.42 bits per heavy atom. The summed E-state index contributed by atoms with van der Waals surface area (Å²) >= 11 is 1.80. The first-order valence-electron chi connectivity index (χ1n) is 6.94. The lowest BCUT2D eigenvalue weighted by Gasteiger charge is -2.37. The summed E-state index contributed by atoms with van der Waals surface area (Å²) in [7, 11) is 0. The molecule has 4 heteroatoms. The van der Waals surface area contributed by atoms with Gasteiger partial charge >= 0.3 is 0 Å². The van der Waals surface area contributed by atoms with Gasteiger partial charge in [-0.1, -0.05) is 18.2 Å². The van der Waals surface area contributed by atoms with Gasteiger partial charge in [-0.3, -0.25) is 4.79 Å². The molecule has 0 aliphatic carbocycles. The number of likely N-dealkylation sites (tertiary alicyclic amines) is 1. The van der Waals surface area contributed by atoms with Crippen LogP contribution in [0.25, 0.3) is 0 Å². The van der Waals surface area contributed by atoms with Crippen LogP contribution >= 0.6 is 11.8 Å². The fraction of sp³-hybridized carbons (Fsp3) is 0.533. The molecule has 1 fully saturated rings. The van der Waals surface area contributed by atoms with E-state index in [1.54, 1.807) is 11.8 Å². The highest BCUT2D eigenvalue weighted by Gasteiger charge is 2.35. The lowest BCUT2D eigenvalue weighted by molar-refractivity contribution is -0.135. The third kappa shape index (κ3) is 2.39. The van der Waals surface area contributed by atoms with Gasteiger partial charge in [-0.2, -0.15) is 0 Å². The zero-order chi connectivity index (χ0) is 13.4. The number of nitrogens with zero attached hydrogens (tertiary/aromatic N) is 1. The number of carbonyl (C=O) groups is 1. The number of fused-ring (bicyclic) bond motifs is 1. The highest BCUT2D eigenvalue weighted by Crippen LogP contribution is 2.40. The molecular formula is C15H20N2OS. The monoisotopic (exact) mass is 276 g/mol. The molecule has 2 N–H and O–H groups in total. The van der Waals surface area contributed by atoms with E-state index in [9.17, 15) is 4.79 Å². The first kappa shape index (κ1) is 13.0. The number of hydrogen-bond acceptors (Lipinski definition) is 3. The summed E-state index contributed by atoms with van der Waals surface area (Å²) in [5.74, 6) is 1.21. The summed E-state index contributed by atoms with van der Waals surface area (Å²) in [6.07, 6.45) is 1.85. The predicted octanol–water partition coefficient (Wildman–Crippen LogP) is 2.21. The second-order valence-corrected chi connectivity index (χ2v) is 6.63. The van der Waals surface area contributed by atoms with E-state index in [2.05, 4.69) is 19.1 Å². The minimum Gasteiger partial charge on any atom is -0.339 e. The van der Waals surface area contributed by atoms with Gasteiger partial charge in [0.2, 0.25) is 5.91 Å². The van der Waals surface area contributed by atoms with Gasteiger partial charge in [0.1, 0.15) is 0 Å². The molecule has 1 amide bonds. The maximum absolute atomic E-state index is 12.8. The molecule has 19 heavy (non-hydrogen) atoms. The Morgan fingerprint density at radius 2 is 2.21 bits per heavy atom. The highest BCUT2D eigenvalue weighted by atomic mass is 32.2. The van der Waals surface area contributed by atoms with Crippen LogP contribution in [0.1, 0.15) is 31.2 Å². The maximum Gasteiger partial charge on any atom is 0.231 e. The van der Waals surface area contributed by atoms with Gasteiger partial charge in [0, 0.05) is 29.3 Å². The van der Waals surface area contributed by atoms with Crippen molar-refractivity contribution in [1.29, 1.82) is 0 Å². The minimum absolute atomic E-state index is 0.0398. The Morgan fingerprint density at radius 3 is 3.00 bits per heavy atom. The average Bonchev–Trinajstić information content (AvgIpc) is 2.82. The van der Waals surface area contributed by atoms with Crippen molar-refractivity contribution in [3.05, 3.63) is 29.8 Å². The van der Waals surface area contributed by atoms with E-state index >= 15 is 0 Å². The number of nitrogens with two attached hydrogens (primary N) is 1. The van der Waals surface area contributed by atoms with Crippen LogP contribution in [0.15, 0.2) is 29.2 Å². The molecule has 3 nitrogen and oxygen atoms in total. The van der Waals surface area contributed by atoms with Crippen molar-refractivity contribution in [3.8, 4) is 0 Å². The molecule has 1 aromatic carbocycles. The van der Waals surface area contributed by atoms with Crippen LogP contribution in [0.2, 0.25) is 0 Å². The quantitative estimate of drug-likeness (QED) is 0.855. The van der Waals surface area contributed by atoms with Gasteiger partial charge in [-0.05, 0) is 31.4 Å². The Labute approximate surface area is 118 Å². The van der Waals surface area contributed by atoms with Crippen molar-refractivity contribution in [2.45, 2.75) is 42.7 Å². The summed E-state index contributed by atoms with van der Waals surface area (Å²) in [5.41, 5.74) is 7.18. The molecule has 3 rings (SSSR count). The van der Waals surface area contributed by atoms with E-state index in [0.717, 1.165) is 25.1 Å². The maximum atomic E-state index is 12.8. The molecule has 1 aromatic rings. The standard InChI is InChI=1S/C15H20N2OS/c1-10-8-11(16)6-7-17(10)15(18)13-9-19-14-5-3-2-4-12(13)14/h2-5,10-11,13H,6-9,16H2,1H3/t10-,11-,13-/m1/s1. The second-order valence-electron chi connectivity index (χ2n) is 5.57. The van der Waals surface area contributed by atoms with Crippen molar-refractivity contribution < 1.29 is 4.79 Å². The van der Waals surface area contributed by atoms with E-state index in [0.29, 0.717) is 0 Å². The summed E-state index contributed by atoms with van der Waals surface area (Å²) in [4.78, 5) is 16.1. The number of thioether (sulfide) groups is 1. The van der Waals surface area contributed by atoms with E-state index in [4.69, 9.17) is 5.73 Å². The Bertz CT molecular complexity index is 491. The molecule has 3 atom stereocenters. The third-order valence-corrected chi connectivity index (χ3v) is 5.38. The first-order chi connectivity index (χ1) is 9.16. The molecule has 0 aromatic heterocycles. The van der Waals surface area contributed by atoms with Crippen LogP contribution in [0.3, 0.4) is 0 Å². The van der Waals surface area contributed by atoms with Gasteiger partial charge in [0.15, 0.2) is 0 Å². The number of benzene rings is 1. The van der Waals surface area contributed by atoms with E-state index in [-0.39, 0.29) is 23.9 Å². The van der Waals surface area contributed by atoms with E-state index in [1.165, 1.54) is 10.5 Å². The van der Waals surface area contributed by atoms with E-state index < -0.39 is 0 Å². The summed E-state index contributed by atoms with van der Waals surface area (Å²) in [6.45, 7) is 2.93. The topological polar surface area (TPSA) is 46.3 Å². The van der Waals surface area contributed by atoms with Crippen molar-refractivity contribution in [2.75, 3.05) is 12.3 Å². The number of hydrogen-bond donors (Lipinski definition) is 1. The second kappa shape index (κ2) is 5.17. The fourth-order valence-corrected chi connectivity index (χ4v) is 4.32. The SMILES string of the molecule is C[C@@H]1C[C@H](N)CCN1C(=O)[C@@H]1CSc2ccccc21.